The summed E-state index contributed by atoms with van der Waals surface area (Å²) in [5, 5.41) is 0. The van der Waals surface area contributed by atoms with Crippen LogP contribution in [0.2, 0.25) is 0 Å². The average Bonchev–Trinajstić information content (AvgIpc) is 3.69. The van der Waals surface area contributed by atoms with E-state index in [4.69, 9.17) is 9.97 Å². The molecule has 0 saturated heterocycles. The maximum atomic E-state index is 5.05. The van der Waals surface area contributed by atoms with Crippen LogP contribution in [0.3, 0.4) is 0 Å². The minimum atomic E-state index is 0.938. The van der Waals surface area contributed by atoms with E-state index >= 15 is 0 Å². The van der Waals surface area contributed by atoms with Gasteiger partial charge in [0.2, 0.25) is 0 Å². The number of halogens is 2. The molecule has 3 aromatic rings. The van der Waals surface area contributed by atoms with Crippen LogP contribution >= 0.6 is 31.9 Å². The van der Waals surface area contributed by atoms with Gasteiger partial charge in [0, 0.05) is 16.6 Å². The van der Waals surface area contributed by atoms with Gasteiger partial charge in [0.15, 0.2) is 0 Å². The van der Waals surface area contributed by atoms with Crippen LogP contribution in [0.25, 0.3) is 46.4 Å². The summed E-state index contributed by atoms with van der Waals surface area (Å²) < 4.78 is 1.96. The standard InChI is InChI=1S/C30H32Br2N4/c1-3-5-7-9-19-21-11-15-25(33-21)29(31)27-17-13-23(35-27)20(10-8-6-4-2)24-14-18-28(36-24)30(32)26-16-12-22(19)34-26/h11-18,33-34H,3-10H2,1-2H3. The molecule has 0 amide bonds. The van der Waals surface area contributed by atoms with Crippen LogP contribution in [0.5, 0.6) is 0 Å². The maximum absolute atomic E-state index is 5.05. The lowest BCUT2D eigenvalue weighted by Gasteiger charge is -2.04. The third-order valence-corrected chi connectivity index (χ3v) is 8.57. The zero-order valence-corrected chi connectivity index (χ0v) is 24.1. The predicted molar refractivity (Wildman–Crippen MR) is 161 cm³/mol. The Morgan fingerprint density at radius 2 is 0.972 bits per heavy atom. The van der Waals surface area contributed by atoms with Gasteiger partial charge in [-0.3, -0.25) is 0 Å². The second-order valence-corrected chi connectivity index (χ2v) is 11.1. The minimum absolute atomic E-state index is 0.938. The molecular formula is C30H32Br2N4. The van der Waals surface area contributed by atoms with Crippen molar-refractivity contribution in [3.05, 3.63) is 67.1 Å². The molecule has 4 nitrogen and oxygen atoms in total. The van der Waals surface area contributed by atoms with Gasteiger partial charge in [-0.2, -0.15) is 0 Å². The second kappa shape index (κ2) is 11.3. The molecule has 36 heavy (non-hydrogen) atoms. The highest BCUT2D eigenvalue weighted by Crippen LogP contribution is 2.31. The summed E-state index contributed by atoms with van der Waals surface area (Å²) in [5.41, 5.74) is 10.8. The molecule has 0 spiro atoms. The van der Waals surface area contributed by atoms with E-state index in [-0.39, 0.29) is 0 Å². The summed E-state index contributed by atoms with van der Waals surface area (Å²) in [7, 11) is 0. The van der Waals surface area contributed by atoms with Gasteiger partial charge in [-0.15, -0.1) is 0 Å². The van der Waals surface area contributed by atoms with Gasteiger partial charge in [0.05, 0.1) is 42.8 Å². The Morgan fingerprint density at radius 1 is 0.556 bits per heavy atom. The number of aromatic nitrogens is 4. The highest BCUT2D eigenvalue weighted by atomic mass is 79.9. The molecule has 186 valence electrons. The Balaban J connectivity index is 1.81. The molecule has 2 N–H and O–H groups in total. The SMILES string of the molecule is CCCCCc1c2nc(c(Br)c3ccc([nH]3)c(CCCCC)c3ccc([nH]3)c(Br)c3nc1C=C3)C=C2. The Bertz CT molecular complexity index is 1390. The van der Waals surface area contributed by atoms with E-state index in [1.807, 2.05) is 0 Å². The molecular weight excluding hydrogens is 576 g/mol. The smallest absolute Gasteiger partial charge is 0.0800 e. The number of rotatable bonds is 8. The van der Waals surface area contributed by atoms with Crippen molar-refractivity contribution in [2.75, 3.05) is 0 Å². The first kappa shape index (κ1) is 25.2. The maximum Gasteiger partial charge on any atom is 0.0800 e. The Morgan fingerprint density at radius 3 is 1.44 bits per heavy atom. The summed E-state index contributed by atoms with van der Waals surface area (Å²) in [6.07, 6.45) is 17.5. The summed E-state index contributed by atoms with van der Waals surface area (Å²) in [5.74, 6) is 0. The fourth-order valence-electron chi connectivity index (χ4n) is 4.88. The lowest BCUT2D eigenvalue weighted by molar-refractivity contribution is 0.714. The van der Waals surface area contributed by atoms with Gasteiger partial charge in [0.1, 0.15) is 0 Å². The number of nitrogens with zero attached hydrogens (tertiary/aromatic N) is 2. The first-order valence-corrected chi connectivity index (χ1v) is 14.6. The topological polar surface area (TPSA) is 57.4 Å². The van der Waals surface area contributed by atoms with Gasteiger partial charge in [-0.25, -0.2) is 9.97 Å². The average molecular weight is 608 g/mol. The molecule has 2 aliphatic heterocycles. The largest absolute Gasteiger partial charge is 0.354 e. The summed E-state index contributed by atoms with van der Waals surface area (Å²) in [4.78, 5) is 17.4. The van der Waals surface area contributed by atoms with Crippen LogP contribution in [0.4, 0.5) is 0 Å². The van der Waals surface area contributed by atoms with E-state index in [0.717, 1.165) is 79.5 Å². The van der Waals surface area contributed by atoms with Crippen LogP contribution in [0.15, 0.2) is 33.2 Å². The van der Waals surface area contributed by atoms with Crippen molar-refractivity contribution in [2.24, 2.45) is 0 Å². The summed E-state index contributed by atoms with van der Waals surface area (Å²) in [6.45, 7) is 4.48. The summed E-state index contributed by atoms with van der Waals surface area (Å²) in [6, 6.07) is 8.67. The molecule has 5 rings (SSSR count). The highest BCUT2D eigenvalue weighted by molar-refractivity contribution is 9.11. The predicted octanol–water partition coefficient (Wildman–Crippen LogP) is 9.65. The van der Waals surface area contributed by atoms with Crippen molar-refractivity contribution < 1.29 is 0 Å². The van der Waals surface area contributed by atoms with Gasteiger partial charge in [-0.1, -0.05) is 39.5 Å². The van der Waals surface area contributed by atoms with Crippen molar-refractivity contribution in [1.82, 2.24) is 19.9 Å². The van der Waals surface area contributed by atoms with E-state index in [9.17, 15) is 0 Å². The van der Waals surface area contributed by atoms with Gasteiger partial charge in [0.25, 0.3) is 0 Å². The Kier molecular flexibility index (Phi) is 7.92. The molecule has 8 bridgehead atoms. The molecule has 3 aromatic heterocycles. The molecule has 6 heteroatoms. The van der Waals surface area contributed by atoms with Crippen LogP contribution < -0.4 is 0 Å². The van der Waals surface area contributed by atoms with Gasteiger partial charge in [-0.05, 0) is 112 Å². The van der Waals surface area contributed by atoms with Crippen molar-refractivity contribution in [1.29, 1.82) is 0 Å². The van der Waals surface area contributed by atoms with Crippen molar-refractivity contribution >= 4 is 78.2 Å². The Labute approximate surface area is 229 Å². The molecule has 2 aliphatic rings. The molecule has 5 heterocycles. The highest BCUT2D eigenvalue weighted by Gasteiger charge is 2.15. The van der Waals surface area contributed by atoms with E-state index in [0.29, 0.717) is 0 Å². The molecule has 0 radical (unpaired) electrons. The first-order valence-electron chi connectivity index (χ1n) is 13.0. The fraction of sp³-hybridized carbons (Fsp3) is 0.333. The Hall–Kier alpha value is -2.44. The number of fused-ring (bicyclic) bond motifs is 8. The third kappa shape index (κ3) is 5.16. The van der Waals surface area contributed by atoms with Crippen LogP contribution in [-0.4, -0.2) is 19.9 Å². The van der Waals surface area contributed by atoms with Crippen LogP contribution in [-0.2, 0) is 12.8 Å². The van der Waals surface area contributed by atoms with Gasteiger partial charge < -0.3 is 9.97 Å². The fourth-order valence-corrected chi connectivity index (χ4v) is 5.79. The van der Waals surface area contributed by atoms with E-state index in [2.05, 4.69) is 104 Å². The number of hydrogen-bond donors (Lipinski definition) is 2. The number of hydrogen-bond acceptors (Lipinski definition) is 2. The number of unbranched alkanes of at least 4 members (excludes halogenated alkanes) is 4. The quantitative estimate of drug-likeness (QED) is 0.172. The molecule has 0 aliphatic carbocycles. The van der Waals surface area contributed by atoms with E-state index in [1.54, 1.807) is 0 Å². The molecule has 0 atom stereocenters. The first-order chi connectivity index (χ1) is 17.6. The molecule has 0 saturated carbocycles. The number of aromatic amines is 2. The monoisotopic (exact) mass is 606 g/mol. The lowest BCUT2D eigenvalue weighted by Crippen LogP contribution is -1.95. The van der Waals surface area contributed by atoms with E-state index < -0.39 is 0 Å². The molecule has 0 aromatic carbocycles. The zero-order valence-electron chi connectivity index (χ0n) is 20.9. The zero-order chi connectivity index (χ0) is 25.1. The van der Waals surface area contributed by atoms with Crippen molar-refractivity contribution in [3.8, 4) is 0 Å². The van der Waals surface area contributed by atoms with Gasteiger partial charge >= 0.3 is 0 Å². The lowest BCUT2D eigenvalue weighted by atomic mass is 10.0. The van der Waals surface area contributed by atoms with Crippen LogP contribution in [0.1, 0.15) is 86.3 Å². The van der Waals surface area contributed by atoms with Crippen LogP contribution in [0, 0.1) is 0 Å². The van der Waals surface area contributed by atoms with E-state index in [1.165, 1.54) is 36.8 Å². The number of aryl methyl sites for hydroxylation is 1. The number of nitrogens with one attached hydrogen (secondary N) is 2. The second-order valence-electron chi connectivity index (χ2n) is 9.50. The molecule has 0 unspecified atom stereocenters. The third-order valence-electron chi connectivity index (χ3n) is 6.90. The summed E-state index contributed by atoms with van der Waals surface area (Å²) >= 11 is 7.69. The normalized spacial score (nSPS) is 12.6. The van der Waals surface area contributed by atoms with Crippen molar-refractivity contribution in [3.63, 3.8) is 0 Å². The number of H-pyrrole nitrogens is 2. The minimum Gasteiger partial charge on any atom is -0.354 e. The van der Waals surface area contributed by atoms with Crippen molar-refractivity contribution in [2.45, 2.75) is 65.2 Å². The molecule has 0 fully saturated rings.